The Labute approximate surface area is 261 Å². The van der Waals surface area contributed by atoms with Crippen LogP contribution in [0, 0.1) is 0 Å². The van der Waals surface area contributed by atoms with Gasteiger partial charge in [-0.2, -0.15) is 0 Å². The summed E-state index contributed by atoms with van der Waals surface area (Å²) in [5.41, 5.74) is 0. The summed E-state index contributed by atoms with van der Waals surface area (Å²) in [5, 5.41) is 12.6. The average molecular weight is 630 g/mol. The second-order valence-electron chi connectivity index (χ2n) is 10.8. The van der Waals surface area contributed by atoms with Crippen molar-refractivity contribution < 1.29 is 37.9 Å². The molecule has 2 unspecified atom stereocenters. The third-order valence-electron chi connectivity index (χ3n) is 6.58. The maximum Gasteiger partial charge on any atom is 0.472 e. The minimum atomic E-state index is -4.40. The van der Waals surface area contributed by atoms with Crippen LogP contribution in [0.5, 0.6) is 0 Å². The fraction of sp³-hybridized carbons (Fsp3) is 0.758. The Hall–Kier alpha value is -1.77. The number of esters is 1. The third kappa shape index (κ3) is 31.5. The minimum absolute atomic E-state index is 0.0793. The number of unbranched alkanes of at least 4 members (excludes halogenated alkanes) is 11. The average Bonchev–Trinajstić information content (AvgIpc) is 2.98. The van der Waals surface area contributed by atoms with E-state index in [2.05, 4.69) is 55.6 Å². The Balaban J connectivity index is 3.69. The van der Waals surface area contributed by atoms with E-state index in [1.165, 1.54) is 25.7 Å². The number of hydrogen-bond acceptors (Lipinski definition) is 7. The summed E-state index contributed by atoms with van der Waals surface area (Å²) in [4.78, 5) is 33.5. The topological polar surface area (TPSA) is 131 Å². The fourth-order valence-corrected chi connectivity index (χ4v) is 4.85. The Kier molecular flexibility index (Phi) is 29.0. The van der Waals surface area contributed by atoms with Gasteiger partial charge in [0.1, 0.15) is 12.7 Å². The number of hydrogen-bond donors (Lipinski definition) is 3. The number of nitrogens with one attached hydrogen (secondary N) is 1. The third-order valence-corrected chi connectivity index (χ3v) is 7.57. The number of phosphoric ester groups is 1. The number of phosphoric acid groups is 1. The Morgan fingerprint density at radius 1 is 0.744 bits per heavy atom. The highest BCUT2D eigenvalue weighted by molar-refractivity contribution is 7.47. The number of rotatable bonds is 30. The van der Waals surface area contributed by atoms with Crippen LogP contribution >= 0.6 is 7.82 Å². The molecule has 0 aromatic carbocycles. The molecule has 0 aliphatic rings. The highest BCUT2D eigenvalue weighted by Crippen LogP contribution is 2.42. The second-order valence-corrected chi connectivity index (χ2v) is 12.2. The van der Waals surface area contributed by atoms with Gasteiger partial charge in [-0.05, 0) is 44.9 Å². The van der Waals surface area contributed by atoms with E-state index in [0.29, 0.717) is 12.8 Å². The van der Waals surface area contributed by atoms with E-state index in [1.807, 2.05) is 0 Å². The summed E-state index contributed by atoms with van der Waals surface area (Å²) in [6, 6.07) is 0. The second kappa shape index (κ2) is 30.3. The lowest BCUT2D eigenvalue weighted by Crippen LogP contribution is -2.27. The first-order valence-corrected chi connectivity index (χ1v) is 18.0. The zero-order chi connectivity index (χ0) is 31.9. The molecule has 0 radical (unpaired) electrons. The molecule has 3 N–H and O–H groups in total. The van der Waals surface area contributed by atoms with Crippen LogP contribution in [0.1, 0.15) is 129 Å². The van der Waals surface area contributed by atoms with Gasteiger partial charge >= 0.3 is 13.8 Å². The van der Waals surface area contributed by atoms with Crippen molar-refractivity contribution in [2.45, 2.75) is 136 Å². The Morgan fingerprint density at radius 3 is 2.00 bits per heavy atom. The van der Waals surface area contributed by atoms with Crippen LogP contribution in [0.4, 0.5) is 0 Å². The lowest BCUT2D eigenvalue weighted by molar-refractivity contribution is -0.147. The number of aliphatic hydroxyl groups is 1. The predicted molar refractivity (Wildman–Crippen MR) is 174 cm³/mol. The van der Waals surface area contributed by atoms with Gasteiger partial charge in [-0.3, -0.25) is 18.6 Å². The van der Waals surface area contributed by atoms with Gasteiger partial charge in [-0.1, -0.05) is 108 Å². The molecule has 0 fully saturated rings. The number of carbonyl (C=O) groups excluding carboxylic acids is 2. The lowest BCUT2D eigenvalue weighted by atomic mass is 10.1. The van der Waals surface area contributed by atoms with E-state index in [4.69, 9.17) is 13.8 Å². The highest BCUT2D eigenvalue weighted by Gasteiger charge is 2.23. The van der Waals surface area contributed by atoms with E-state index in [0.717, 1.165) is 70.6 Å². The first-order chi connectivity index (χ1) is 20.8. The Morgan fingerprint density at radius 2 is 1.33 bits per heavy atom. The van der Waals surface area contributed by atoms with Crippen LogP contribution in [0.25, 0.3) is 0 Å². The van der Waals surface area contributed by atoms with Crippen molar-refractivity contribution in [3.05, 3.63) is 36.5 Å². The van der Waals surface area contributed by atoms with E-state index in [-0.39, 0.29) is 32.1 Å². The van der Waals surface area contributed by atoms with Crippen LogP contribution in [0.2, 0.25) is 0 Å². The van der Waals surface area contributed by atoms with Gasteiger partial charge in [-0.15, -0.1) is 0 Å². The van der Waals surface area contributed by atoms with Gasteiger partial charge in [0.05, 0.1) is 13.2 Å². The summed E-state index contributed by atoms with van der Waals surface area (Å²) in [7, 11) is -4.40. The zero-order valence-corrected chi connectivity index (χ0v) is 27.8. The van der Waals surface area contributed by atoms with Crippen molar-refractivity contribution in [2.75, 3.05) is 26.4 Å². The van der Waals surface area contributed by atoms with E-state index in [9.17, 15) is 24.2 Å². The molecule has 0 aromatic heterocycles. The molecule has 43 heavy (non-hydrogen) atoms. The van der Waals surface area contributed by atoms with Crippen molar-refractivity contribution in [3.63, 3.8) is 0 Å². The molecule has 9 nitrogen and oxygen atoms in total. The lowest BCUT2D eigenvalue weighted by Gasteiger charge is -2.15. The molecule has 2 atom stereocenters. The van der Waals surface area contributed by atoms with Gasteiger partial charge in [0.15, 0.2) is 0 Å². The summed E-state index contributed by atoms with van der Waals surface area (Å²) in [6.45, 7) is 3.34. The van der Waals surface area contributed by atoms with Crippen LogP contribution in [-0.2, 0) is 27.9 Å². The fourth-order valence-electron chi connectivity index (χ4n) is 4.10. The predicted octanol–water partition coefficient (Wildman–Crippen LogP) is 7.87. The summed E-state index contributed by atoms with van der Waals surface area (Å²) >= 11 is 0. The summed E-state index contributed by atoms with van der Waals surface area (Å²) < 4.78 is 26.6. The van der Waals surface area contributed by atoms with Crippen LogP contribution in [0.3, 0.4) is 0 Å². The molecular formula is C33H60NO8P. The van der Waals surface area contributed by atoms with Crippen molar-refractivity contribution in [1.29, 1.82) is 0 Å². The van der Waals surface area contributed by atoms with Crippen LogP contribution < -0.4 is 5.32 Å². The first kappa shape index (κ1) is 41.2. The molecule has 0 rings (SSSR count). The van der Waals surface area contributed by atoms with Crippen molar-refractivity contribution >= 4 is 19.7 Å². The van der Waals surface area contributed by atoms with Gasteiger partial charge in [0.2, 0.25) is 5.91 Å². The largest absolute Gasteiger partial charge is 0.472 e. The molecule has 0 saturated heterocycles. The van der Waals surface area contributed by atoms with Crippen molar-refractivity contribution in [2.24, 2.45) is 0 Å². The van der Waals surface area contributed by atoms with Crippen LogP contribution in [-0.4, -0.2) is 54.3 Å². The number of amides is 1. The van der Waals surface area contributed by atoms with Gasteiger partial charge < -0.3 is 20.1 Å². The van der Waals surface area contributed by atoms with Gasteiger partial charge in [0.25, 0.3) is 0 Å². The maximum absolute atomic E-state index is 12.0. The van der Waals surface area contributed by atoms with Crippen molar-refractivity contribution in [3.8, 4) is 0 Å². The van der Waals surface area contributed by atoms with E-state index >= 15 is 0 Å². The smallest absolute Gasteiger partial charge is 0.463 e. The summed E-state index contributed by atoms with van der Waals surface area (Å²) in [5.74, 6) is -0.544. The maximum atomic E-state index is 12.0. The Bertz CT molecular complexity index is 815. The minimum Gasteiger partial charge on any atom is -0.463 e. The molecule has 1 amide bonds. The molecular weight excluding hydrogens is 569 g/mol. The molecule has 0 saturated carbocycles. The number of aliphatic hydroxyl groups excluding tert-OH is 1. The molecule has 250 valence electrons. The summed E-state index contributed by atoms with van der Waals surface area (Å²) in [6.07, 6.45) is 29.5. The first-order valence-electron chi connectivity index (χ1n) is 16.5. The molecule has 10 heteroatoms. The number of allylic oxidation sites excluding steroid dienone is 6. The quantitative estimate of drug-likeness (QED) is 0.0317. The highest BCUT2D eigenvalue weighted by atomic mass is 31.2. The van der Waals surface area contributed by atoms with Crippen LogP contribution in [0.15, 0.2) is 36.5 Å². The molecule has 0 aliphatic heterocycles. The van der Waals surface area contributed by atoms with E-state index in [1.54, 1.807) is 0 Å². The standard InChI is InChI=1S/C33H60NO8P/c1-3-5-7-9-11-12-13-14-15-16-17-18-20-22-24-26-33(37)40-29-31(35)30-42-43(38,39)41-28-27-34-32(36)25-23-21-19-10-8-6-4-2/h5,7,11-12,14-15,31,35H,3-4,6,8-10,13,16-30H2,1-2H3,(H,34,36)(H,38,39)/b7-5-,12-11-,15-14-. The molecule has 0 bridgehead atoms. The number of carbonyl (C=O) groups is 2. The molecule has 0 aromatic rings. The van der Waals surface area contributed by atoms with Gasteiger partial charge in [-0.25, -0.2) is 4.57 Å². The normalized spacial score (nSPS) is 14.0. The zero-order valence-electron chi connectivity index (χ0n) is 26.9. The molecule has 0 aliphatic carbocycles. The van der Waals surface area contributed by atoms with Crippen molar-refractivity contribution in [1.82, 2.24) is 5.32 Å². The molecule has 0 spiro atoms. The van der Waals surface area contributed by atoms with Gasteiger partial charge in [0, 0.05) is 19.4 Å². The monoisotopic (exact) mass is 629 g/mol. The molecule has 0 heterocycles. The number of ether oxygens (including phenoxy) is 1. The van der Waals surface area contributed by atoms with E-state index < -0.39 is 26.5 Å². The SMILES string of the molecule is CC/C=C\C/C=C\C/C=C\CCCCCCCC(=O)OCC(O)COP(=O)(O)OCCNC(=O)CCCCCCCCC.